The molecule has 9 nitrogen and oxygen atoms in total. The van der Waals surface area contributed by atoms with E-state index in [2.05, 4.69) is 139 Å². The van der Waals surface area contributed by atoms with Gasteiger partial charge in [0.05, 0.1) is 26.7 Å². The smallest absolute Gasteiger partial charge is 0.0986 e. The Balaban J connectivity index is -0.000000431. The molecular formula is C70H147N5O4. The molecule has 1 aromatic rings. The van der Waals surface area contributed by atoms with Crippen molar-refractivity contribution in [2.24, 2.45) is 35.0 Å². The van der Waals surface area contributed by atoms with Crippen molar-refractivity contribution >= 4 is 0 Å². The summed E-state index contributed by atoms with van der Waals surface area (Å²) in [7, 11) is 18.1. The number of likely N-dealkylation sites (N-methyl/N-ethyl adjacent to an activating group) is 2. The molecule has 79 heavy (non-hydrogen) atoms. The van der Waals surface area contributed by atoms with E-state index in [-0.39, 0.29) is 0 Å². The zero-order chi connectivity index (χ0) is 61.2. The predicted octanol–water partition coefficient (Wildman–Crippen LogP) is 18.3. The molecule has 476 valence electrons. The van der Waals surface area contributed by atoms with Gasteiger partial charge in [0.2, 0.25) is 0 Å². The highest BCUT2D eigenvalue weighted by molar-refractivity contribution is 5.14. The maximum Gasteiger partial charge on any atom is 0.0986 e. The van der Waals surface area contributed by atoms with Crippen molar-refractivity contribution in [2.45, 2.75) is 283 Å². The van der Waals surface area contributed by atoms with E-state index >= 15 is 0 Å². The minimum absolute atomic E-state index is 0.489. The van der Waals surface area contributed by atoms with Crippen LogP contribution in [0.5, 0.6) is 0 Å². The van der Waals surface area contributed by atoms with Crippen LogP contribution in [0.2, 0.25) is 0 Å². The average molecular weight is 1120 g/mol. The fourth-order valence-electron chi connectivity index (χ4n) is 11.6. The summed E-state index contributed by atoms with van der Waals surface area (Å²) in [5.74, 6) is 4.70. The van der Waals surface area contributed by atoms with Crippen LogP contribution in [0.4, 0.5) is 0 Å². The first-order valence-corrected chi connectivity index (χ1v) is 33.4. The van der Waals surface area contributed by atoms with Crippen molar-refractivity contribution in [1.82, 2.24) is 24.5 Å². The molecule has 0 atom stereocenters. The van der Waals surface area contributed by atoms with Gasteiger partial charge in [-0.05, 0) is 204 Å². The third kappa shape index (κ3) is 42.3. The number of benzene rings is 1. The van der Waals surface area contributed by atoms with E-state index in [1.807, 2.05) is 69.2 Å². The van der Waals surface area contributed by atoms with Gasteiger partial charge in [0.1, 0.15) is 0 Å². The Bertz CT molecular complexity index is 1250. The van der Waals surface area contributed by atoms with E-state index in [1.165, 1.54) is 134 Å². The molecule has 0 aliphatic heterocycles. The molecule has 0 unspecified atom stereocenters. The summed E-state index contributed by atoms with van der Waals surface area (Å²) in [6.07, 6.45) is 27.6. The lowest BCUT2D eigenvalue weighted by molar-refractivity contribution is 0.0365. The first kappa shape index (κ1) is 84.3. The largest absolute Gasteiger partial charge is 0.383 e. The summed E-state index contributed by atoms with van der Waals surface area (Å²) >= 11 is 0. The summed E-state index contributed by atoms with van der Waals surface area (Å²) in [4.78, 5) is 12.1. The molecule has 1 aromatic carbocycles. The lowest BCUT2D eigenvalue weighted by atomic mass is 9.71. The average Bonchev–Trinajstić information content (AvgIpc) is 3.48. The van der Waals surface area contributed by atoms with Gasteiger partial charge in [0, 0.05) is 78.3 Å². The molecular weight excluding hydrogens is 975 g/mol. The van der Waals surface area contributed by atoms with Crippen LogP contribution >= 0.6 is 0 Å². The van der Waals surface area contributed by atoms with Gasteiger partial charge in [0.25, 0.3) is 0 Å². The Morgan fingerprint density at radius 2 is 0.608 bits per heavy atom. The van der Waals surface area contributed by atoms with Crippen LogP contribution in [0.3, 0.4) is 0 Å². The van der Waals surface area contributed by atoms with Gasteiger partial charge in [-0.2, -0.15) is 0 Å². The maximum absolute atomic E-state index is 5.11. The fraction of sp³-hybridized carbons (Fsp3) is 0.914. The fourth-order valence-corrected chi connectivity index (χ4v) is 11.6. The summed E-state index contributed by atoms with van der Waals surface area (Å²) < 4.78 is 20.4. The Kier molecular flexibility index (Phi) is 59.8. The summed E-state index contributed by atoms with van der Waals surface area (Å²) in [5.41, 5.74) is 1.92. The van der Waals surface area contributed by atoms with Crippen LogP contribution in [0.25, 0.3) is 0 Å². The number of methoxy groups -OCH3 is 4. The number of nitrogens with zero attached hydrogens (tertiary/aromatic N) is 5. The highest BCUT2D eigenvalue weighted by Gasteiger charge is 2.31. The topological polar surface area (TPSA) is 53.1 Å². The summed E-state index contributed by atoms with van der Waals surface area (Å²) in [6.45, 7) is 43.2. The van der Waals surface area contributed by atoms with Crippen LogP contribution in [-0.4, -0.2) is 158 Å². The molecule has 0 spiro atoms. The molecule has 0 aromatic heterocycles. The lowest BCUT2D eigenvalue weighted by Gasteiger charge is -2.40. The molecule has 5 aliphatic rings. The summed E-state index contributed by atoms with van der Waals surface area (Å²) in [5, 5.41) is 0. The molecule has 0 saturated heterocycles. The van der Waals surface area contributed by atoms with Crippen LogP contribution in [0.15, 0.2) is 30.3 Å². The van der Waals surface area contributed by atoms with Crippen LogP contribution in [0.1, 0.15) is 252 Å². The van der Waals surface area contributed by atoms with E-state index in [1.54, 1.807) is 28.4 Å². The van der Waals surface area contributed by atoms with E-state index in [4.69, 9.17) is 18.9 Å². The zero-order valence-corrected chi connectivity index (χ0v) is 58.6. The number of hydrogen-bond donors (Lipinski definition) is 0. The molecule has 0 heterocycles. The van der Waals surface area contributed by atoms with Gasteiger partial charge in [-0.1, -0.05) is 148 Å². The Labute approximate surface area is 498 Å². The van der Waals surface area contributed by atoms with E-state index in [9.17, 15) is 0 Å². The lowest BCUT2D eigenvalue weighted by Crippen LogP contribution is -2.37. The minimum Gasteiger partial charge on any atom is -0.383 e. The second-order valence-corrected chi connectivity index (χ2v) is 24.2. The third-order valence-electron chi connectivity index (χ3n) is 17.2. The number of ether oxygens (including phenoxy) is 4. The first-order valence-electron chi connectivity index (χ1n) is 33.4. The predicted molar refractivity (Wildman–Crippen MR) is 354 cm³/mol. The Hall–Kier alpha value is -1.14. The van der Waals surface area contributed by atoms with Crippen molar-refractivity contribution in [3.05, 3.63) is 35.9 Å². The molecule has 5 fully saturated rings. The summed E-state index contributed by atoms with van der Waals surface area (Å²) in [6, 6.07) is 14.8. The van der Waals surface area contributed by atoms with Crippen molar-refractivity contribution in [1.29, 1.82) is 0 Å². The standard InChI is InChI=1S/C18H29N.2C11H23NO.2C10H21NO.5C2H6/c1-18(2,3)16-10-12-17(13-11-16)19(4)14-15-8-6-5-7-9-15;2*1-10-4-6-11(7-5-10)12(2)8-9-13-3;2*1-9-4-6-10(7-5-9)11(2)8-12-3;5*1-2/h5-9,16-17H,10-14H2,1-4H3;2*10-11H,4-9H2,1-3H3;2*9-10H,4-8H2,1-3H3;5*1-2H3. The van der Waals surface area contributed by atoms with Crippen LogP contribution in [-0.2, 0) is 25.5 Å². The van der Waals surface area contributed by atoms with E-state index < -0.39 is 0 Å². The third-order valence-corrected chi connectivity index (χ3v) is 17.2. The molecule has 0 N–H and O–H groups in total. The Morgan fingerprint density at radius 1 is 0.354 bits per heavy atom. The van der Waals surface area contributed by atoms with Gasteiger partial charge in [-0.15, -0.1) is 0 Å². The monoisotopic (exact) mass is 1120 g/mol. The van der Waals surface area contributed by atoms with Gasteiger partial charge in [-0.25, -0.2) is 0 Å². The minimum atomic E-state index is 0.489. The van der Waals surface area contributed by atoms with Crippen LogP contribution in [0, 0.1) is 35.0 Å². The molecule has 5 aliphatic carbocycles. The maximum atomic E-state index is 5.11. The SMILES string of the molecule is CC.CC.CC.CC.CC.CN(Cc1ccccc1)C1CCC(C(C)(C)C)CC1.COCCN(C)C1CCC(C)CC1.COCCN(C)C1CCC(C)CC1.COCN(C)C1CCC(C)CC1.COCN(C)C1CCC(C)CC1. The molecule has 5 saturated carbocycles. The molecule has 6 rings (SSSR count). The van der Waals surface area contributed by atoms with Crippen molar-refractivity contribution in [3.8, 4) is 0 Å². The van der Waals surface area contributed by atoms with Gasteiger partial charge < -0.3 is 28.7 Å². The van der Waals surface area contributed by atoms with Crippen LogP contribution < -0.4 is 0 Å². The second kappa shape index (κ2) is 56.0. The van der Waals surface area contributed by atoms with Gasteiger partial charge >= 0.3 is 0 Å². The van der Waals surface area contributed by atoms with Gasteiger partial charge in [-0.3, -0.25) is 14.7 Å². The quantitative estimate of drug-likeness (QED) is 0.142. The Morgan fingerprint density at radius 3 is 0.861 bits per heavy atom. The van der Waals surface area contributed by atoms with Crippen molar-refractivity contribution < 1.29 is 18.9 Å². The zero-order valence-electron chi connectivity index (χ0n) is 58.6. The number of rotatable bonds is 17. The van der Waals surface area contributed by atoms with Gasteiger partial charge in [0.15, 0.2) is 0 Å². The number of hydrogen-bond acceptors (Lipinski definition) is 9. The molecule has 0 bridgehead atoms. The molecule has 0 amide bonds. The highest BCUT2D eigenvalue weighted by Crippen LogP contribution is 2.39. The second-order valence-electron chi connectivity index (χ2n) is 24.2. The van der Waals surface area contributed by atoms with Crippen molar-refractivity contribution in [3.63, 3.8) is 0 Å². The normalized spacial score (nSPS) is 25.5. The first-order chi connectivity index (χ1) is 37.9. The van der Waals surface area contributed by atoms with Crippen molar-refractivity contribution in [2.75, 3.05) is 103 Å². The molecule has 0 radical (unpaired) electrons. The highest BCUT2D eigenvalue weighted by atomic mass is 16.5. The molecule has 9 heteroatoms. The van der Waals surface area contributed by atoms with E-state index in [0.717, 1.165) is 106 Å². The van der Waals surface area contributed by atoms with E-state index in [0.29, 0.717) is 5.41 Å².